The molecule has 6 nitrogen and oxygen atoms in total. The number of amides is 2. The summed E-state index contributed by atoms with van der Waals surface area (Å²) in [6.07, 6.45) is 1.98. The summed E-state index contributed by atoms with van der Waals surface area (Å²) < 4.78 is 5.05. The second-order valence-corrected chi connectivity index (χ2v) is 5.67. The van der Waals surface area contributed by atoms with Crippen molar-refractivity contribution in [2.75, 3.05) is 7.11 Å². The molecule has 2 amide bonds. The van der Waals surface area contributed by atoms with Gasteiger partial charge in [-0.05, 0) is 29.3 Å². The first kappa shape index (κ1) is 16.7. The molecule has 6 heteroatoms. The number of ether oxygens (including phenoxy) is 1. The lowest BCUT2D eigenvalue weighted by atomic mass is 10.1. The number of carbonyl (C=O) groups excluding carboxylic acids is 2. The molecule has 0 saturated carbocycles. The van der Waals surface area contributed by atoms with Crippen LogP contribution in [0.1, 0.15) is 21.5 Å². The van der Waals surface area contributed by atoms with Crippen molar-refractivity contribution in [1.29, 1.82) is 0 Å². The van der Waals surface area contributed by atoms with Gasteiger partial charge in [0.2, 0.25) is 5.91 Å². The first-order chi connectivity index (χ1) is 12.2. The summed E-state index contributed by atoms with van der Waals surface area (Å²) in [5.74, 6) is -0.656. The number of benzene rings is 2. The maximum atomic E-state index is 12.1. The molecule has 1 aromatic heterocycles. The Bertz CT molecular complexity index is 902. The lowest BCUT2D eigenvalue weighted by Crippen LogP contribution is -2.42. The van der Waals surface area contributed by atoms with Crippen LogP contribution in [0.5, 0.6) is 0 Å². The fourth-order valence-corrected chi connectivity index (χ4v) is 2.66. The van der Waals surface area contributed by atoms with Crippen molar-refractivity contribution in [2.24, 2.45) is 0 Å². The van der Waals surface area contributed by atoms with Crippen molar-refractivity contribution < 1.29 is 14.3 Å². The number of hydrogen-bond acceptors (Lipinski definition) is 3. The van der Waals surface area contributed by atoms with Crippen molar-refractivity contribution in [3.63, 3.8) is 0 Å². The van der Waals surface area contributed by atoms with Crippen LogP contribution < -0.4 is 10.9 Å². The number of aromatic amines is 1. The Hall–Kier alpha value is -3.12. The first-order valence-corrected chi connectivity index (χ1v) is 7.89. The Labute approximate surface area is 145 Å². The Morgan fingerprint density at radius 2 is 1.92 bits per heavy atom. The Kier molecular flexibility index (Phi) is 5.11. The molecular weight excluding hydrogens is 318 g/mol. The maximum Gasteiger partial charge on any atom is 0.269 e. The highest BCUT2D eigenvalue weighted by Gasteiger charge is 2.11. The summed E-state index contributed by atoms with van der Waals surface area (Å²) in [4.78, 5) is 27.4. The van der Waals surface area contributed by atoms with Gasteiger partial charge in [0.15, 0.2) is 0 Å². The predicted octanol–water partition coefficient (Wildman–Crippen LogP) is 2.32. The van der Waals surface area contributed by atoms with E-state index in [2.05, 4.69) is 15.8 Å². The van der Waals surface area contributed by atoms with Crippen LogP contribution in [0, 0.1) is 0 Å². The van der Waals surface area contributed by atoms with Crippen LogP contribution in [0.3, 0.4) is 0 Å². The summed E-state index contributed by atoms with van der Waals surface area (Å²) in [6.45, 7) is 0.425. The number of nitrogens with one attached hydrogen (secondary N) is 3. The van der Waals surface area contributed by atoms with E-state index >= 15 is 0 Å². The zero-order valence-electron chi connectivity index (χ0n) is 13.8. The van der Waals surface area contributed by atoms with Crippen molar-refractivity contribution in [3.05, 3.63) is 71.4 Å². The molecule has 2 aromatic carbocycles. The van der Waals surface area contributed by atoms with E-state index in [0.29, 0.717) is 12.2 Å². The molecule has 1 heterocycles. The zero-order chi connectivity index (χ0) is 17.6. The monoisotopic (exact) mass is 337 g/mol. The minimum absolute atomic E-state index is 0.175. The number of hydrogen-bond donors (Lipinski definition) is 3. The number of H-pyrrole nitrogens is 1. The SMILES string of the molecule is COCc1cccc(C(=O)NNC(=O)Cc2c[nH]c3ccccc23)c1. The van der Waals surface area contributed by atoms with Gasteiger partial charge in [-0.25, -0.2) is 0 Å². The zero-order valence-corrected chi connectivity index (χ0v) is 13.8. The quantitative estimate of drug-likeness (QED) is 0.625. The van der Waals surface area contributed by atoms with Crippen LogP contribution in [0.4, 0.5) is 0 Å². The third kappa shape index (κ3) is 4.05. The number of carbonyl (C=O) groups is 2. The average molecular weight is 337 g/mol. The number of hydrazine groups is 1. The normalized spacial score (nSPS) is 10.6. The summed E-state index contributed by atoms with van der Waals surface area (Å²) in [7, 11) is 1.59. The van der Waals surface area contributed by atoms with Gasteiger partial charge in [0.1, 0.15) is 0 Å². The number of aromatic nitrogens is 1. The van der Waals surface area contributed by atoms with E-state index in [-0.39, 0.29) is 18.2 Å². The van der Waals surface area contributed by atoms with Gasteiger partial charge < -0.3 is 9.72 Å². The van der Waals surface area contributed by atoms with Gasteiger partial charge in [-0.15, -0.1) is 0 Å². The molecule has 0 aliphatic rings. The van der Waals surface area contributed by atoms with Crippen molar-refractivity contribution >= 4 is 22.7 Å². The highest BCUT2D eigenvalue weighted by molar-refractivity contribution is 5.96. The van der Waals surface area contributed by atoms with Gasteiger partial charge in [0.25, 0.3) is 5.91 Å². The van der Waals surface area contributed by atoms with E-state index < -0.39 is 0 Å². The van der Waals surface area contributed by atoms with Crippen LogP contribution >= 0.6 is 0 Å². The molecule has 0 atom stereocenters. The van der Waals surface area contributed by atoms with E-state index in [1.165, 1.54) is 0 Å². The standard InChI is InChI=1S/C19H19N3O3/c1-25-12-13-5-4-6-14(9-13)19(24)22-21-18(23)10-15-11-20-17-8-3-2-7-16(15)17/h2-9,11,20H,10,12H2,1H3,(H,21,23)(H,22,24). The number of para-hydroxylation sites is 1. The van der Waals surface area contributed by atoms with Crippen molar-refractivity contribution in [1.82, 2.24) is 15.8 Å². The molecule has 0 bridgehead atoms. The Balaban J connectivity index is 1.58. The first-order valence-electron chi connectivity index (χ1n) is 7.89. The van der Waals surface area contributed by atoms with Crippen LogP contribution in [-0.2, 0) is 22.6 Å². The van der Waals surface area contributed by atoms with Crippen LogP contribution in [0.25, 0.3) is 10.9 Å². The molecule has 0 spiro atoms. The Morgan fingerprint density at radius 1 is 1.08 bits per heavy atom. The largest absolute Gasteiger partial charge is 0.380 e. The summed E-state index contributed by atoms with van der Waals surface area (Å²) in [5.41, 5.74) is 8.10. The molecule has 0 aliphatic carbocycles. The fraction of sp³-hybridized carbons (Fsp3) is 0.158. The van der Waals surface area contributed by atoms with Gasteiger partial charge in [-0.1, -0.05) is 30.3 Å². The topological polar surface area (TPSA) is 83.2 Å². The van der Waals surface area contributed by atoms with Gasteiger partial charge in [-0.3, -0.25) is 20.4 Å². The Morgan fingerprint density at radius 3 is 2.76 bits per heavy atom. The average Bonchev–Trinajstić information content (AvgIpc) is 3.03. The molecule has 0 saturated heterocycles. The third-order valence-corrected chi connectivity index (χ3v) is 3.84. The van der Waals surface area contributed by atoms with E-state index in [9.17, 15) is 9.59 Å². The second-order valence-electron chi connectivity index (χ2n) is 5.67. The van der Waals surface area contributed by atoms with Gasteiger partial charge >= 0.3 is 0 Å². The molecule has 0 fully saturated rings. The lowest BCUT2D eigenvalue weighted by molar-refractivity contribution is -0.121. The molecule has 128 valence electrons. The van der Waals surface area contributed by atoms with Crippen LogP contribution in [-0.4, -0.2) is 23.9 Å². The van der Waals surface area contributed by atoms with Gasteiger partial charge in [-0.2, -0.15) is 0 Å². The second kappa shape index (κ2) is 7.63. The predicted molar refractivity (Wildman–Crippen MR) is 94.8 cm³/mol. The number of methoxy groups -OCH3 is 1. The maximum absolute atomic E-state index is 12.1. The van der Waals surface area contributed by atoms with E-state index in [0.717, 1.165) is 22.0 Å². The molecule has 0 unspecified atom stereocenters. The van der Waals surface area contributed by atoms with E-state index in [4.69, 9.17) is 4.74 Å². The molecule has 0 radical (unpaired) electrons. The van der Waals surface area contributed by atoms with Crippen molar-refractivity contribution in [3.8, 4) is 0 Å². The van der Waals surface area contributed by atoms with Crippen LogP contribution in [0.15, 0.2) is 54.7 Å². The van der Waals surface area contributed by atoms with Crippen molar-refractivity contribution in [2.45, 2.75) is 13.0 Å². The highest BCUT2D eigenvalue weighted by atomic mass is 16.5. The smallest absolute Gasteiger partial charge is 0.269 e. The summed E-state index contributed by atoms with van der Waals surface area (Å²) in [5, 5.41) is 0.997. The molecule has 3 aromatic rings. The summed E-state index contributed by atoms with van der Waals surface area (Å²) >= 11 is 0. The minimum Gasteiger partial charge on any atom is -0.380 e. The number of rotatable bonds is 5. The van der Waals surface area contributed by atoms with Crippen LogP contribution in [0.2, 0.25) is 0 Å². The highest BCUT2D eigenvalue weighted by Crippen LogP contribution is 2.17. The van der Waals surface area contributed by atoms with Gasteiger partial charge in [0.05, 0.1) is 13.0 Å². The fourth-order valence-electron chi connectivity index (χ4n) is 2.66. The molecule has 3 rings (SSSR count). The molecule has 0 aliphatic heterocycles. The summed E-state index contributed by atoms with van der Waals surface area (Å²) in [6, 6.07) is 14.8. The van der Waals surface area contributed by atoms with E-state index in [1.54, 1.807) is 31.5 Å². The van der Waals surface area contributed by atoms with Gasteiger partial charge in [0, 0.05) is 29.8 Å². The molecule has 25 heavy (non-hydrogen) atoms. The third-order valence-electron chi connectivity index (χ3n) is 3.84. The molecular formula is C19H19N3O3. The number of fused-ring (bicyclic) bond motifs is 1. The van der Waals surface area contributed by atoms with E-state index in [1.807, 2.05) is 30.3 Å². The minimum atomic E-state index is -0.370. The molecule has 3 N–H and O–H groups in total. The lowest BCUT2D eigenvalue weighted by Gasteiger charge is -2.08.